The van der Waals surface area contributed by atoms with Gasteiger partial charge in [0.1, 0.15) is 0 Å². The molecule has 1 aromatic carbocycles. The number of hydrogen-bond donors (Lipinski definition) is 3. The molecule has 1 rings (SSSR count). The summed E-state index contributed by atoms with van der Waals surface area (Å²) in [6.45, 7) is 6.07. The van der Waals surface area contributed by atoms with Gasteiger partial charge in [0.15, 0.2) is 0 Å². The van der Waals surface area contributed by atoms with Crippen LogP contribution in [0.4, 0.5) is 5.69 Å². The highest BCUT2D eigenvalue weighted by molar-refractivity contribution is 6.31. The fraction of sp³-hybridized carbons (Fsp3) is 0.500. The van der Waals surface area contributed by atoms with Crippen molar-refractivity contribution in [1.29, 1.82) is 0 Å². The second-order valence-electron chi connectivity index (χ2n) is 5.44. The predicted molar refractivity (Wildman–Crippen MR) is 77.0 cm³/mol. The Balaban J connectivity index is 2.80. The van der Waals surface area contributed by atoms with Crippen LogP contribution in [0.3, 0.4) is 0 Å². The smallest absolute Gasteiger partial charge is 0.337 e. The van der Waals surface area contributed by atoms with E-state index >= 15 is 0 Å². The highest BCUT2D eigenvalue weighted by Gasteiger charge is 2.22. The van der Waals surface area contributed by atoms with Crippen LogP contribution in [0, 0.1) is 5.92 Å². The first-order valence-electron chi connectivity index (χ1n) is 6.20. The third-order valence-electron chi connectivity index (χ3n) is 2.72. The minimum atomic E-state index is -1.05. The number of halogens is 1. The molecule has 4 nitrogen and oxygen atoms in total. The summed E-state index contributed by atoms with van der Waals surface area (Å²) in [7, 11) is 0. The van der Waals surface area contributed by atoms with Crippen molar-refractivity contribution in [3.63, 3.8) is 0 Å². The number of benzene rings is 1. The lowest BCUT2D eigenvalue weighted by molar-refractivity contribution is 0.0513. The lowest BCUT2D eigenvalue weighted by atomic mass is 9.94. The maximum atomic E-state index is 11.1. The number of carboxylic acids is 1. The molecule has 1 unspecified atom stereocenters. The first kappa shape index (κ1) is 15.8. The van der Waals surface area contributed by atoms with E-state index in [1.165, 1.54) is 6.07 Å². The number of carbonyl (C=O) groups is 1. The van der Waals surface area contributed by atoms with Crippen LogP contribution in [-0.4, -0.2) is 28.3 Å². The normalized spacial score (nSPS) is 14.2. The Bertz CT molecular complexity index is 458. The second kappa shape index (κ2) is 6.26. The summed E-state index contributed by atoms with van der Waals surface area (Å²) < 4.78 is 0. The van der Waals surface area contributed by atoms with Crippen molar-refractivity contribution >= 4 is 23.3 Å². The average Bonchev–Trinajstić information content (AvgIpc) is 2.25. The Kier molecular flexibility index (Phi) is 5.20. The zero-order chi connectivity index (χ0) is 14.6. The summed E-state index contributed by atoms with van der Waals surface area (Å²) in [5, 5.41) is 22.6. The molecule has 0 spiro atoms. The van der Waals surface area contributed by atoms with E-state index in [-0.39, 0.29) is 12.1 Å². The zero-order valence-electron chi connectivity index (χ0n) is 11.4. The highest BCUT2D eigenvalue weighted by Crippen LogP contribution is 2.23. The first-order valence-corrected chi connectivity index (χ1v) is 6.58. The minimum Gasteiger partial charge on any atom is -0.478 e. The monoisotopic (exact) mass is 285 g/mol. The zero-order valence-corrected chi connectivity index (χ0v) is 12.2. The second-order valence-corrected chi connectivity index (χ2v) is 5.88. The predicted octanol–water partition coefficient (Wildman–Crippen LogP) is 3.25. The van der Waals surface area contributed by atoms with Gasteiger partial charge in [-0.2, -0.15) is 0 Å². The SMILES string of the molecule is CC(C)CC(C)(O)CNc1ccc(Cl)cc1C(=O)O. The van der Waals surface area contributed by atoms with Crippen LogP contribution in [0.2, 0.25) is 5.02 Å². The fourth-order valence-corrected chi connectivity index (χ4v) is 2.26. The number of anilines is 1. The summed E-state index contributed by atoms with van der Waals surface area (Å²) in [6.07, 6.45) is 0.635. The van der Waals surface area contributed by atoms with Gasteiger partial charge in [-0.3, -0.25) is 0 Å². The van der Waals surface area contributed by atoms with E-state index < -0.39 is 11.6 Å². The molecule has 1 atom stereocenters. The molecule has 0 aliphatic rings. The molecule has 0 heterocycles. The van der Waals surface area contributed by atoms with Gasteiger partial charge in [-0.15, -0.1) is 0 Å². The quantitative estimate of drug-likeness (QED) is 0.750. The molecule has 1 aromatic rings. The fourth-order valence-electron chi connectivity index (χ4n) is 2.08. The number of carboxylic acid groups (broad SMARTS) is 1. The number of aromatic carboxylic acids is 1. The molecule has 0 saturated heterocycles. The molecule has 0 fully saturated rings. The highest BCUT2D eigenvalue weighted by atomic mass is 35.5. The Morgan fingerprint density at radius 1 is 1.47 bits per heavy atom. The van der Waals surface area contributed by atoms with E-state index in [2.05, 4.69) is 5.32 Å². The average molecular weight is 286 g/mol. The molecule has 106 valence electrons. The largest absolute Gasteiger partial charge is 0.478 e. The molecule has 5 heteroatoms. The molecular formula is C14H20ClNO3. The summed E-state index contributed by atoms with van der Waals surface area (Å²) >= 11 is 5.78. The van der Waals surface area contributed by atoms with Gasteiger partial charge in [0.2, 0.25) is 0 Å². The third-order valence-corrected chi connectivity index (χ3v) is 2.95. The topological polar surface area (TPSA) is 69.6 Å². The van der Waals surface area contributed by atoms with Crippen molar-refractivity contribution in [2.75, 3.05) is 11.9 Å². The Labute approximate surface area is 118 Å². The van der Waals surface area contributed by atoms with Crippen molar-refractivity contribution in [2.24, 2.45) is 5.92 Å². The van der Waals surface area contributed by atoms with Crippen molar-refractivity contribution in [3.05, 3.63) is 28.8 Å². The molecule has 0 aromatic heterocycles. The summed E-state index contributed by atoms with van der Waals surface area (Å²) in [5.41, 5.74) is -0.322. The van der Waals surface area contributed by atoms with E-state index in [4.69, 9.17) is 16.7 Å². The van der Waals surface area contributed by atoms with Gasteiger partial charge in [0.05, 0.1) is 11.2 Å². The van der Waals surface area contributed by atoms with Gasteiger partial charge in [0.25, 0.3) is 0 Å². The minimum absolute atomic E-state index is 0.104. The van der Waals surface area contributed by atoms with Gasteiger partial charge >= 0.3 is 5.97 Å². The van der Waals surface area contributed by atoms with Crippen LogP contribution in [0.15, 0.2) is 18.2 Å². The molecule has 0 aliphatic carbocycles. The van der Waals surface area contributed by atoms with Crippen LogP contribution in [0.1, 0.15) is 37.6 Å². The van der Waals surface area contributed by atoms with Crippen molar-refractivity contribution < 1.29 is 15.0 Å². The van der Waals surface area contributed by atoms with Crippen LogP contribution in [0.25, 0.3) is 0 Å². The molecule has 0 amide bonds. The van der Waals surface area contributed by atoms with Gasteiger partial charge in [-0.1, -0.05) is 25.4 Å². The lowest BCUT2D eigenvalue weighted by Gasteiger charge is -2.26. The summed E-state index contributed by atoms with van der Waals surface area (Å²) in [4.78, 5) is 11.1. The lowest BCUT2D eigenvalue weighted by Crippen LogP contribution is -2.35. The van der Waals surface area contributed by atoms with Gasteiger partial charge < -0.3 is 15.5 Å². The number of rotatable bonds is 6. The molecular weight excluding hydrogens is 266 g/mol. The van der Waals surface area contributed by atoms with E-state index in [1.807, 2.05) is 13.8 Å². The molecule has 3 N–H and O–H groups in total. The third kappa shape index (κ3) is 5.09. The van der Waals surface area contributed by atoms with Crippen LogP contribution in [-0.2, 0) is 0 Å². The molecule has 19 heavy (non-hydrogen) atoms. The maximum Gasteiger partial charge on any atom is 0.337 e. The standard InChI is InChI=1S/C14H20ClNO3/c1-9(2)7-14(3,19)8-16-12-5-4-10(15)6-11(12)13(17)18/h4-6,9,16,19H,7-8H2,1-3H3,(H,17,18). The number of nitrogens with one attached hydrogen (secondary N) is 1. The molecule has 0 aliphatic heterocycles. The van der Waals surface area contributed by atoms with Crippen molar-refractivity contribution in [1.82, 2.24) is 0 Å². The Morgan fingerprint density at radius 2 is 2.11 bits per heavy atom. The maximum absolute atomic E-state index is 11.1. The van der Waals surface area contributed by atoms with Crippen molar-refractivity contribution in [3.8, 4) is 0 Å². The van der Waals surface area contributed by atoms with Crippen LogP contribution in [0.5, 0.6) is 0 Å². The van der Waals surface area contributed by atoms with Gasteiger partial charge in [-0.05, 0) is 37.5 Å². The molecule has 0 radical (unpaired) electrons. The van der Waals surface area contributed by atoms with Crippen molar-refractivity contribution in [2.45, 2.75) is 32.8 Å². The van der Waals surface area contributed by atoms with Gasteiger partial charge in [-0.25, -0.2) is 4.79 Å². The van der Waals surface area contributed by atoms with E-state index in [9.17, 15) is 9.90 Å². The summed E-state index contributed by atoms with van der Waals surface area (Å²) in [5.74, 6) is -0.686. The van der Waals surface area contributed by atoms with E-state index in [0.717, 1.165) is 0 Å². The molecule has 0 bridgehead atoms. The van der Waals surface area contributed by atoms with Crippen LogP contribution >= 0.6 is 11.6 Å². The van der Waals surface area contributed by atoms with Gasteiger partial charge in [0, 0.05) is 17.3 Å². The first-order chi connectivity index (χ1) is 8.71. The van der Waals surface area contributed by atoms with E-state index in [1.54, 1.807) is 19.1 Å². The molecule has 0 saturated carbocycles. The Morgan fingerprint density at radius 3 is 2.63 bits per heavy atom. The summed E-state index contributed by atoms with van der Waals surface area (Å²) in [6, 6.07) is 4.62. The van der Waals surface area contributed by atoms with E-state index in [0.29, 0.717) is 23.0 Å². The Hall–Kier alpha value is -1.26. The number of hydrogen-bond acceptors (Lipinski definition) is 3. The number of aliphatic hydroxyl groups is 1. The van der Waals surface area contributed by atoms with Crippen LogP contribution < -0.4 is 5.32 Å².